The number of hydrogen-bond acceptors (Lipinski definition) is 3. The predicted molar refractivity (Wildman–Crippen MR) is 77.4 cm³/mol. The van der Waals surface area contributed by atoms with Crippen LogP contribution in [0.25, 0.3) is 0 Å². The minimum Gasteiger partial charge on any atom is -0.388 e. The van der Waals surface area contributed by atoms with Gasteiger partial charge in [-0.3, -0.25) is 4.90 Å². The van der Waals surface area contributed by atoms with Crippen LogP contribution in [0, 0.1) is 0 Å². The van der Waals surface area contributed by atoms with Crippen LogP contribution < -0.4 is 0 Å². The van der Waals surface area contributed by atoms with E-state index in [-0.39, 0.29) is 6.10 Å². The minimum absolute atomic E-state index is 0.357. The molecule has 1 atom stereocenters. The monoisotopic (exact) mass is 263 g/mol. The zero-order chi connectivity index (χ0) is 13.7. The van der Waals surface area contributed by atoms with Crippen LogP contribution in [-0.4, -0.2) is 42.9 Å². The van der Waals surface area contributed by atoms with Gasteiger partial charge in [0, 0.05) is 19.6 Å². The van der Waals surface area contributed by atoms with Gasteiger partial charge in [0.2, 0.25) is 0 Å². The first kappa shape index (κ1) is 14.5. The summed E-state index contributed by atoms with van der Waals surface area (Å²) < 4.78 is 5.32. The molecule has 1 aromatic rings. The largest absolute Gasteiger partial charge is 0.388 e. The molecular formula is C16H25NO2. The van der Waals surface area contributed by atoms with E-state index >= 15 is 0 Å². The average Bonchev–Trinajstić information content (AvgIpc) is 2.46. The average molecular weight is 263 g/mol. The topological polar surface area (TPSA) is 32.7 Å². The predicted octanol–water partition coefficient (Wildman–Crippen LogP) is 2.57. The van der Waals surface area contributed by atoms with Crippen LogP contribution in [0.5, 0.6) is 0 Å². The van der Waals surface area contributed by atoms with Crippen molar-refractivity contribution in [2.24, 2.45) is 0 Å². The Balaban J connectivity index is 1.83. The SMILES string of the molecule is CC(C)c1ccc(C(O)CCN2CCOCC2)cc1. The molecule has 0 aromatic heterocycles. The summed E-state index contributed by atoms with van der Waals surface area (Å²) in [4.78, 5) is 2.36. The van der Waals surface area contributed by atoms with Crippen molar-refractivity contribution < 1.29 is 9.84 Å². The summed E-state index contributed by atoms with van der Waals surface area (Å²) >= 11 is 0. The van der Waals surface area contributed by atoms with Crippen molar-refractivity contribution in [1.82, 2.24) is 4.90 Å². The van der Waals surface area contributed by atoms with Gasteiger partial charge < -0.3 is 9.84 Å². The summed E-state index contributed by atoms with van der Waals surface area (Å²) in [7, 11) is 0. The second-order valence-corrected chi connectivity index (χ2v) is 5.58. The van der Waals surface area contributed by atoms with Crippen molar-refractivity contribution in [3.05, 3.63) is 35.4 Å². The van der Waals surface area contributed by atoms with Gasteiger partial charge in [-0.05, 0) is 23.5 Å². The van der Waals surface area contributed by atoms with Gasteiger partial charge in [0.1, 0.15) is 0 Å². The molecule has 1 saturated heterocycles. The Hall–Kier alpha value is -0.900. The van der Waals surface area contributed by atoms with Gasteiger partial charge in [0.25, 0.3) is 0 Å². The van der Waals surface area contributed by atoms with Gasteiger partial charge in [-0.2, -0.15) is 0 Å². The molecule has 2 rings (SSSR count). The molecule has 0 saturated carbocycles. The molecular weight excluding hydrogens is 238 g/mol. The third-order valence-corrected chi connectivity index (χ3v) is 3.81. The minimum atomic E-state index is -0.357. The third-order valence-electron chi connectivity index (χ3n) is 3.81. The van der Waals surface area contributed by atoms with E-state index in [4.69, 9.17) is 4.74 Å². The van der Waals surface area contributed by atoms with E-state index in [1.807, 2.05) is 0 Å². The number of ether oxygens (including phenoxy) is 1. The fourth-order valence-electron chi connectivity index (χ4n) is 2.40. The highest BCUT2D eigenvalue weighted by Gasteiger charge is 2.13. The van der Waals surface area contributed by atoms with Crippen molar-refractivity contribution in [3.8, 4) is 0 Å². The first-order valence-corrected chi connectivity index (χ1v) is 7.25. The molecule has 1 unspecified atom stereocenters. The van der Waals surface area contributed by atoms with Gasteiger partial charge in [0.15, 0.2) is 0 Å². The van der Waals surface area contributed by atoms with Crippen LogP contribution in [-0.2, 0) is 4.74 Å². The second kappa shape index (κ2) is 7.04. The highest BCUT2D eigenvalue weighted by molar-refractivity contribution is 5.26. The molecule has 1 N–H and O–H groups in total. The van der Waals surface area contributed by atoms with Gasteiger partial charge >= 0.3 is 0 Å². The lowest BCUT2D eigenvalue weighted by Crippen LogP contribution is -2.37. The van der Waals surface area contributed by atoms with Crippen molar-refractivity contribution >= 4 is 0 Å². The van der Waals surface area contributed by atoms with Crippen molar-refractivity contribution in [2.45, 2.75) is 32.3 Å². The molecule has 19 heavy (non-hydrogen) atoms. The van der Waals surface area contributed by atoms with E-state index < -0.39 is 0 Å². The summed E-state index contributed by atoms with van der Waals surface area (Å²) in [6, 6.07) is 8.36. The highest BCUT2D eigenvalue weighted by atomic mass is 16.5. The van der Waals surface area contributed by atoms with E-state index in [1.54, 1.807) is 0 Å². The zero-order valence-corrected chi connectivity index (χ0v) is 12.0. The molecule has 1 aromatic carbocycles. The lowest BCUT2D eigenvalue weighted by molar-refractivity contribution is 0.0300. The molecule has 0 spiro atoms. The highest BCUT2D eigenvalue weighted by Crippen LogP contribution is 2.21. The number of rotatable bonds is 5. The first-order chi connectivity index (χ1) is 9.16. The molecule has 106 valence electrons. The number of aliphatic hydroxyl groups excluding tert-OH is 1. The van der Waals surface area contributed by atoms with Gasteiger partial charge in [-0.1, -0.05) is 38.1 Å². The standard InChI is InChI=1S/C16H25NO2/c1-13(2)14-3-5-15(6-4-14)16(18)7-8-17-9-11-19-12-10-17/h3-6,13,16,18H,7-12H2,1-2H3. The molecule has 3 heteroatoms. The number of nitrogens with zero attached hydrogens (tertiary/aromatic N) is 1. The molecule has 1 aliphatic heterocycles. The Labute approximate surface area is 116 Å². The molecule has 1 aliphatic rings. The number of benzene rings is 1. The first-order valence-electron chi connectivity index (χ1n) is 7.25. The lowest BCUT2D eigenvalue weighted by atomic mass is 9.99. The Morgan fingerprint density at radius 2 is 1.68 bits per heavy atom. The van der Waals surface area contributed by atoms with Crippen LogP contribution >= 0.6 is 0 Å². The molecule has 0 aliphatic carbocycles. The van der Waals surface area contributed by atoms with E-state index in [2.05, 4.69) is 43.0 Å². The molecule has 0 amide bonds. The lowest BCUT2D eigenvalue weighted by Gasteiger charge is -2.27. The fourth-order valence-corrected chi connectivity index (χ4v) is 2.40. The van der Waals surface area contributed by atoms with Crippen LogP contribution in [0.15, 0.2) is 24.3 Å². The molecule has 1 fully saturated rings. The maximum atomic E-state index is 10.2. The van der Waals surface area contributed by atoms with Crippen molar-refractivity contribution in [2.75, 3.05) is 32.8 Å². The van der Waals surface area contributed by atoms with Crippen molar-refractivity contribution in [1.29, 1.82) is 0 Å². The summed E-state index contributed by atoms with van der Waals surface area (Å²) in [5.74, 6) is 0.541. The Morgan fingerprint density at radius 3 is 2.26 bits per heavy atom. The van der Waals surface area contributed by atoms with Crippen LogP contribution in [0.2, 0.25) is 0 Å². The smallest absolute Gasteiger partial charge is 0.0802 e. The Kier molecular flexibility index (Phi) is 5.37. The van der Waals surface area contributed by atoms with Crippen LogP contribution in [0.4, 0.5) is 0 Å². The quantitative estimate of drug-likeness (QED) is 0.886. The number of hydrogen-bond donors (Lipinski definition) is 1. The third kappa shape index (κ3) is 4.30. The summed E-state index contributed by atoms with van der Waals surface area (Å²) in [6.45, 7) is 8.92. The fraction of sp³-hybridized carbons (Fsp3) is 0.625. The number of morpholine rings is 1. The summed E-state index contributed by atoms with van der Waals surface area (Å²) in [6.07, 6.45) is 0.435. The van der Waals surface area contributed by atoms with E-state index in [1.165, 1.54) is 5.56 Å². The van der Waals surface area contributed by atoms with E-state index in [0.717, 1.165) is 44.8 Å². The molecule has 3 nitrogen and oxygen atoms in total. The van der Waals surface area contributed by atoms with E-state index in [0.29, 0.717) is 5.92 Å². The van der Waals surface area contributed by atoms with Gasteiger partial charge in [-0.15, -0.1) is 0 Å². The molecule has 1 heterocycles. The summed E-state index contributed by atoms with van der Waals surface area (Å²) in [5.41, 5.74) is 2.35. The Morgan fingerprint density at radius 1 is 1.11 bits per heavy atom. The zero-order valence-electron chi connectivity index (χ0n) is 12.0. The van der Waals surface area contributed by atoms with Crippen LogP contribution in [0.1, 0.15) is 43.4 Å². The van der Waals surface area contributed by atoms with Gasteiger partial charge in [0.05, 0.1) is 19.3 Å². The normalized spacial score (nSPS) is 18.7. The van der Waals surface area contributed by atoms with Crippen LogP contribution in [0.3, 0.4) is 0 Å². The second-order valence-electron chi connectivity index (χ2n) is 5.58. The Bertz CT molecular complexity index is 369. The number of aliphatic hydroxyl groups is 1. The van der Waals surface area contributed by atoms with Crippen molar-refractivity contribution in [3.63, 3.8) is 0 Å². The molecule has 0 bridgehead atoms. The summed E-state index contributed by atoms with van der Waals surface area (Å²) in [5, 5.41) is 10.2. The van der Waals surface area contributed by atoms with Gasteiger partial charge in [-0.25, -0.2) is 0 Å². The molecule has 0 radical (unpaired) electrons. The van der Waals surface area contributed by atoms with E-state index in [9.17, 15) is 5.11 Å². The maximum Gasteiger partial charge on any atom is 0.0802 e. The maximum absolute atomic E-state index is 10.2.